The van der Waals surface area contributed by atoms with Gasteiger partial charge in [0.2, 0.25) is 11.7 Å². The molecule has 0 fully saturated rings. The number of rotatable bonds is 4. The lowest BCUT2D eigenvalue weighted by molar-refractivity contribution is -0.118. The molecule has 3 rings (SSSR count). The molecule has 2 amide bonds. The van der Waals surface area contributed by atoms with Crippen LogP contribution in [-0.2, 0) is 9.59 Å². The standard InChI is InChI=1S/C17H17N5O3/c1-11-3-6-13(7-4-11)22-15(23)10-19-16(21-22)17(24)20-12-5-8-14(25-2)18-9-12/h3-9H,10H2,1-2H3,(H,19,21)(H,20,24). The highest BCUT2D eigenvalue weighted by Gasteiger charge is 2.25. The smallest absolute Gasteiger partial charge is 0.292 e. The van der Waals surface area contributed by atoms with Crippen LogP contribution < -0.4 is 20.5 Å². The molecular formula is C17H17N5O3. The van der Waals surface area contributed by atoms with Gasteiger partial charge in [0.15, 0.2) is 0 Å². The van der Waals surface area contributed by atoms with Crippen LogP contribution in [0.2, 0.25) is 0 Å². The van der Waals surface area contributed by atoms with Gasteiger partial charge in [0.05, 0.1) is 24.7 Å². The van der Waals surface area contributed by atoms with Crippen molar-refractivity contribution in [3.05, 3.63) is 48.2 Å². The molecule has 2 heterocycles. The summed E-state index contributed by atoms with van der Waals surface area (Å²) in [7, 11) is 1.51. The predicted octanol–water partition coefficient (Wildman–Crippen LogP) is 1.29. The van der Waals surface area contributed by atoms with Crippen molar-refractivity contribution < 1.29 is 14.3 Å². The van der Waals surface area contributed by atoms with Crippen molar-refractivity contribution in [2.24, 2.45) is 4.99 Å². The van der Waals surface area contributed by atoms with E-state index in [4.69, 9.17) is 4.74 Å². The third-order valence-corrected chi connectivity index (χ3v) is 3.55. The van der Waals surface area contributed by atoms with E-state index in [-0.39, 0.29) is 18.3 Å². The van der Waals surface area contributed by atoms with Crippen molar-refractivity contribution >= 4 is 29.0 Å². The molecule has 2 aromatic rings. The predicted molar refractivity (Wildman–Crippen MR) is 93.5 cm³/mol. The van der Waals surface area contributed by atoms with Crippen LogP contribution in [0.25, 0.3) is 0 Å². The first-order chi connectivity index (χ1) is 12.1. The van der Waals surface area contributed by atoms with Gasteiger partial charge < -0.3 is 10.1 Å². The maximum Gasteiger partial charge on any atom is 0.292 e. The first kappa shape index (κ1) is 16.4. The second-order valence-electron chi connectivity index (χ2n) is 5.38. The second-order valence-corrected chi connectivity index (χ2v) is 5.38. The van der Waals surface area contributed by atoms with Crippen LogP contribution in [0.4, 0.5) is 11.4 Å². The molecule has 8 nitrogen and oxygen atoms in total. The Kier molecular flexibility index (Phi) is 4.60. The number of hydrogen-bond donors (Lipinski definition) is 2. The minimum atomic E-state index is -0.462. The fourth-order valence-electron chi connectivity index (χ4n) is 2.21. The molecule has 128 valence electrons. The van der Waals surface area contributed by atoms with Gasteiger partial charge in [-0.2, -0.15) is 0 Å². The van der Waals surface area contributed by atoms with E-state index in [1.54, 1.807) is 24.3 Å². The zero-order chi connectivity index (χ0) is 17.8. The summed E-state index contributed by atoms with van der Waals surface area (Å²) in [5.41, 5.74) is 4.97. The van der Waals surface area contributed by atoms with E-state index >= 15 is 0 Å². The van der Waals surface area contributed by atoms with E-state index in [1.807, 2.05) is 19.1 Å². The molecule has 2 N–H and O–H groups in total. The topological polar surface area (TPSA) is 95.9 Å². The van der Waals surface area contributed by atoms with E-state index in [1.165, 1.54) is 18.3 Å². The molecule has 0 radical (unpaired) electrons. The summed E-state index contributed by atoms with van der Waals surface area (Å²) < 4.78 is 4.97. The van der Waals surface area contributed by atoms with Crippen molar-refractivity contribution in [2.45, 2.75) is 6.92 Å². The van der Waals surface area contributed by atoms with E-state index in [2.05, 4.69) is 20.7 Å². The molecule has 1 aromatic heterocycles. The molecule has 0 saturated carbocycles. The number of anilines is 2. The number of aryl methyl sites for hydroxylation is 1. The van der Waals surface area contributed by atoms with Gasteiger partial charge in [0.1, 0.15) is 6.54 Å². The Hall–Kier alpha value is -3.42. The quantitative estimate of drug-likeness (QED) is 0.875. The first-order valence-corrected chi connectivity index (χ1v) is 7.59. The summed E-state index contributed by atoms with van der Waals surface area (Å²) in [4.78, 5) is 32.4. The molecule has 8 heteroatoms. The van der Waals surface area contributed by atoms with Gasteiger partial charge in [0.25, 0.3) is 11.8 Å². The molecule has 1 aromatic carbocycles. The minimum absolute atomic E-state index is 0.0518. The molecule has 0 unspecified atom stereocenters. The van der Waals surface area contributed by atoms with Crippen LogP contribution in [0.5, 0.6) is 5.88 Å². The number of hydrogen-bond acceptors (Lipinski definition) is 6. The molecule has 1 aliphatic rings. The zero-order valence-electron chi connectivity index (χ0n) is 13.8. The lowest BCUT2D eigenvalue weighted by Gasteiger charge is -2.27. The van der Waals surface area contributed by atoms with E-state index in [9.17, 15) is 9.59 Å². The van der Waals surface area contributed by atoms with Gasteiger partial charge >= 0.3 is 0 Å². The number of methoxy groups -OCH3 is 1. The lowest BCUT2D eigenvalue weighted by Crippen LogP contribution is -2.54. The maximum absolute atomic E-state index is 12.4. The Labute approximate surface area is 144 Å². The summed E-state index contributed by atoms with van der Waals surface area (Å²) in [5.74, 6) is -0.207. The monoisotopic (exact) mass is 339 g/mol. The van der Waals surface area contributed by atoms with Gasteiger partial charge in [-0.3, -0.25) is 20.0 Å². The number of benzene rings is 1. The molecule has 0 spiro atoms. The maximum atomic E-state index is 12.4. The van der Waals surface area contributed by atoms with E-state index in [0.29, 0.717) is 17.3 Å². The van der Waals surface area contributed by atoms with Crippen molar-refractivity contribution in [3.8, 4) is 5.88 Å². The van der Waals surface area contributed by atoms with Crippen LogP contribution in [0.3, 0.4) is 0 Å². The van der Waals surface area contributed by atoms with Gasteiger partial charge in [-0.05, 0) is 25.1 Å². The van der Waals surface area contributed by atoms with Gasteiger partial charge in [-0.15, -0.1) is 0 Å². The normalized spacial score (nSPS) is 13.8. The highest BCUT2D eigenvalue weighted by atomic mass is 16.5. The molecular weight excluding hydrogens is 322 g/mol. The van der Waals surface area contributed by atoms with Crippen LogP contribution >= 0.6 is 0 Å². The highest BCUT2D eigenvalue weighted by Crippen LogP contribution is 2.16. The summed E-state index contributed by atoms with van der Waals surface area (Å²) in [5, 5.41) is 3.98. The first-order valence-electron chi connectivity index (χ1n) is 7.59. The zero-order valence-corrected chi connectivity index (χ0v) is 13.8. The fourth-order valence-corrected chi connectivity index (χ4v) is 2.21. The van der Waals surface area contributed by atoms with Gasteiger partial charge in [-0.25, -0.2) is 9.99 Å². The number of aliphatic imine (C=N–C) groups is 1. The Morgan fingerprint density at radius 1 is 1.24 bits per heavy atom. The van der Waals surface area contributed by atoms with Crippen LogP contribution in [0.1, 0.15) is 5.56 Å². The van der Waals surface area contributed by atoms with Gasteiger partial charge in [-0.1, -0.05) is 17.7 Å². The Bertz CT molecular complexity index is 815. The van der Waals surface area contributed by atoms with Crippen molar-refractivity contribution in [2.75, 3.05) is 24.0 Å². The Morgan fingerprint density at radius 2 is 2.00 bits per heavy atom. The fraction of sp³-hybridized carbons (Fsp3) is 0.176. The number of carbonyl (C=O) groups is 2. The number of nitrogens with one attached hydrogen (secondary N) is 2. The summed E-state index contributed by atoms with van der Waals surface area (Å²) >= 11 is 0. The third-order valence-electron chi connectivity index (χ3n) is 3.55. The number of ether oxygens (including phenoxy) is 1. The Morgan fingerprint density at radius 3 is 2.64 bits per heavy atom. The number of nitrogens with zero attached hydrogens (tertiary/aromatic N) is 3. The summed E-state index contributed by atoms with van der Waals surface area (Å²) in [6.07, 6.45) is 1.48. The molecule has 1 aliphatic heterocycles. The van der Waals surface area contributed by atoms with Crippen molar-refractivity contribution in [3.63, 3.8) is 0 Å². The van der Waals surface area contributed by atoms with Crippen molar-refractivity contribution in [1.29, 1.82) is 0 Å². The molecule has 0 saturated heterocycles. The number of aromatic nitrogens is 1. The van der Waals surface area contributed by atoms with Crippen LogP contribution in [-0.4, -0.2) is 36.3 Å². The number of carbonyl (C=O) groups excluding carboxylic acids is 2. The number of pyridine rings is 1. The number of hydrazine groups is 1. The molecule has 25 heavy (non-hydrogen) atoms. The average molecular weight is 339 g/mol. The van der Waals surface area contributed by atoms with E-state index in [0.717, 1.165) is 5.56 Å². The lowest BCUT2D eigenvalue weighted by atomic mass is 10.2. The molecule has 0 bridgehead atoms. The second kappa shape index (κ2) is 7.00. The van der Waals surface area contributed by atoms with Crippen LogP contribution in [0.15, 0.2) is 47.6 Å². The number of amidine groups is 1. The highest BCUT2D eigenvalue weighted by molar-refractivity contribution is 6.43. The summed E-state index contributed by atoms with van der Waals surface area (Å²) in [6.45, 7) is 1.85. The average Bonchev–Trinajstić information content (AvgIpc) is 2.63. The molecule has 0 aliphatic carbocycles. The van der Waals surface area contributed by atoms with Crippen molar-refractivity contribution in [1.82, 2.24) is 10.4 Å². The molecule has 0 atom stereocenters. The summed E-state index contributed by atoms with van der Waals surface area (Å²) in [6, 6.07) is 10.7. The minimum Gasteiger partial charge on any atom is -0.481 e. The SMILES string of the molecule is COc1ccc(NC(=O)C2=NCC(=O)N(c3ccc(C)cc3)N2)cn1. The van der Waals surface area contributed by atoms with Crippen LogP contribution in [0, 0.1) is 6.92 Å². The van der Waals surface area contributed by atoms with Gasteiger partial charge in [0, 0.05) is 6.07 Å². The Balaban J connectivity index is 1.72. The van der Waals surface area contributed by atoms with E-state index < -0.39 is 5.91 Å². The third kappa shape index (κ3) is 3.74. The number of amides is 2. The largest absolute Gasteiger partial charge is 0.481 e.